The zero-order chi connectivity index (χ0) is 9.84. The van der Waals surface area contributed by atoms with Crippen LogP contribution in [0.2, 0.25) is 0 Å². The van der Waals surface area contributed by atoms with E-state index in [-0.39, 0.29) is 5.75 Å². The molecule has 0 aliphatic rings. The number of carbonyl (C=O) groups is 1. The van der Waals surface area contributed by atoms with Gasteiger partial charge in [-0.25, -0.2) is 4.39 Å². The number of rotatable bonds is 3. The number of aldehydes is 1. The molecule has 0 fully saturated rings. The molecule has 70 valence electrons. The highest BCUT2D eigenvalue weighted by atomic mass is 19.1. The molecule has 1 rings (SSSR count). The van der Waals surface area contributed by atoms with Crippen molar-refractivity contribution in [1.29, 1.82) is 0 Å². The van der Waals surface area contributed by atoms with Gasteiger partial charge in [-0.15, -0.1) is 0 Å². The Kier molecular flexibility index (Phi) is 3.01. The fourth-order valence-corrected chi connectivity index (χ4v) is 1.18. The molecule has 0 saturated carbocycles. The molecular weight excluding hydrogens is 171 g/mol. The summed E-state index contributed by atoms with van der Waals surface area (Å²) in [6.45, 7) is 1.90. The Bertz CT molecular complexity index is 321. The molecule has 0 radical (unpaired) electrons. The third-order valence-electron chi connectivity index (χ3n) is 1.92. The molecule has 0 unspecified atom stereocenters. The number of hydrogen-bond acceptors (Lipinski definition) is 2. The average Bonchev–Trinajstić information content (AvgIpc) is 2.17. The van der Waals surface area contributed by atoms with Crippen LogP contribution in [-0.2, 0) is 6.42 Å². The molecule has 0 N–H and O–H groups in total. The predicted octanol–water partition coefficient (Wildman–Crippen LogP) is 2.21. The van der Waals surface area contributed by atoms with E-state index < -0.39 is 5.82 Å². The van der Waals surface area contributed by atoms with Gasteiger partial charge in [-0.2, -0.15) is 0 Å². The van der Waals surface area contributed by atoms with Crippen LogP contribution in [0.3, 0.4) is 0 Å². The molecule has 0 saturated heterocycles. The standard InChI is InChI=1S/C10H11FO2/c1-3-7-5-10(13-2)9(11)4-8(7)6-12/h4-6H,3H2,1-2H3. The molecule has 0 aliphatic carbocycles. The van der Waals surface area contributed by atoms with E-state index in [0.29, 0.717) is 18.3 Å². The molecule has 0 aliphatic heterocycles. The van der Waals surface area contributed by atoms with Crippen LogP contribution in [0, 0.1) is 5.82 Å². The van der Waals surface area contributed by atoms with Gasteiger partial charge in [0, 0.05) is 5.56 Å². The van der Waals surface area contributed by atoms with E-state index in [2.05, 4.69) is 0 Å². The SMILES string of the molecule is CCc1cc(OC)c(F)cc1C=O. The number of ether oxygens (including phenoxy) is 1. The average molecular weight is 182 g/mol. The lowest BCUT2D eigenvalue weighted by Gasteiger charge is -2.06. The maximum atomic E-state index is 13.1. The normalized spacial score (nSPS) is 9.77. The Labute approximate surface area is 76.3 Å². The summed E-state index contributed by atoms with van der Waals surface area (Å²) in [7, 11) is 1.40. The molecule has 0 aromatic heterocycles. The van der Waals surface area contributed by atoms with E-state index in [1.54, 1.807) is 6.07 Å². The number of hydrogen-bond donors (Lipinski definition) is 0. The topological polar surface area (TPSA) is 26.3 Å². The molecule has 13 heavy (non-hydrogen) atoms. The van der Waals surface area contributed by atoms with Gasteiger partial charge < -0.3 is 4.74 Å². The zero-order valence-corrected chi connectivity index (χ0v) is 7.63. The summed E-state index contributed by atoms with van der Waals surface area (Å²) >= 11 is 0. The van der Waals surface area contributed by atoms with Crippen LogP contribution in [0.4, 0.5) is 4.39 Å². The van der Waals surface area contributed by atoms with Gasteiger partial charge >= 0.3 is 0 Å². The smallest absolute Gasteiger partial charge is 0.165 e. The van der Waals surface area contributed by atoms with Crippen molar-refractivity contribution in [1.82, 2.24) is 0 Å². The van der Waals surface area contributed by atoms with Crippen LogP contribution in [-0.4, -0.2) is 13.4 Å². The third-order valence-corrected chi connectivity index (χ3v) is 1.92. The summed E-state index contributed by atoms with van der Waals surface area (Å²) in [5.41, 5.74) is 1.19. The second-order valence-corrected chi connectivity index (χ2v) is 2.66. The molecule has 1 aromatic rings. The van der Waals surface area contributed by atoms with Crippen LogP contribution >= 0.6 is 0 Å². The largest absolute Gasteiger partial charge is 0.494 e. The minimum absolute atomic E-state index is 0.183. The first kappa shape index (κ1) is 9.71. The minimum Gasteiger partial charge on any atom is -0.494 e. The lowest BCUT2D eigenvalue weighted by atomic mass is 10.1. The third kappa shape index (κ3) is 1.86. The lowest BCUT2D eigenvalue weighted by Crippen LogP contribution is -1.96. The molecule has 3 heteroatoms. The Morgan fingerprint density at radius 3 is 2.69 bits per heavy atom. The first-order valence-corrected chi connectivity index (χ1v) is 4.04. The highest BCUT2D eigenvalue weighted by Gasteiger charge is 2.07. The van der Waals surface area contributed by atoms with Gasteiger partial charge in [0.2, 0.25) is 0 Å². The summed E-state index contributed by atoms with van der Waals surface area (Å²) in [6.07, 6.45) is 1.34. The zero-order valence-electron chi connectivity index (χ0n) is 7.63. The molecular formula is C10H11FO2. The highest BCUT2D eigenvalue weighted by molar-refractivity contribution is 5.77. The second kappa shape index (κ2) is 4.03. The van der Waals surface area contributed by atoms with E-state index in [1.165, 1.54) is 13.2 Å². The van der Waals surface area contributed by atoms with Gasteiger partial charge in [0.15, 0.2) is 11.6 Å². The van der Waals surface area contributed by atoms with E-state index in [4.69, 9.17) is 4.74 Å². The lowest BCUT2D eigenvalue weighted by molar-refractivity contribution is 0.112. The molecule has 1 aromatic carbocycles. The first-order valence-electron chi connectivity index (χ1n) is 4.04. The number of halogens is 1. The predicted molar refractivity (Wildman–Crippen MR) is 47.7 cm³/mol. The molecule has 0 amide bonds. The van der Waals surface area contributed by atoms with Crippen LogP contribution in [0.25, 0.3) is 0 Å². The Hall–Kier alpha value is -1.38. The van der Waals surface area contributed by atoms with Gasteiger partial charge in [-0.1, -0.05) is 6.92 Å². The van der Waals surface area contributed by atoms with Crippen LogP contribution < -0.4 is 4.74 Å². The van der Waals surface area contributed by atoms with E-state index in [9.17, 15) is 9.18 Å². The van der Waals surface area contributed by atoms with Crippen molar-refractivity contribution in [3.05, 3.63) is 29.1 Å². The van der Waals surface area contributed by atoms with Gasteiger partial charge in [-0.05, 0) is 24.1 Å². The monoisotopic (exact) mass is 182 g/mol. The molecule has 0 spiro atoms. The number of carbonyl (C=O) groups excluding carboxylic acids is 1. The van der Waals surface area contributed by atoms with Crippen molar-refractivity contribution < 1.29 is 13.9 Å². The minimum atomic E-state index is -0.498. The van der Waals surface area contributed by atoms with Gasteiger partial charge in [0.05, 0.1) is 7.11 Å². The second-order valence-electron chi connectivity index (χ2n) is 2.66. The maximum absolute atomic E-state index is 13.1. The summed E-state index contributed by atoms with van der Waals surface area (Å²) in [6, 6.07) is 2.75. The molecule has 2 nitrogen and oxygen atoms in total. The fraction of sp³-hybridized carbons (Fsp3) is 0.300. The van der Waals surface area contributed by atoms with Crippen molar-refractivity contribution in [2.45, 2.75) is 13.3 Å². The Morgan fingerprint density at radius 2 is 2.23 bits per heavy atom. The Balaban J connectivity index is 3.26. The van der Waals surface area contributed by atoms with Gasteiger partial charge in [-0.3, -0.25) is 4.79 Å². The van der Waals surface area contributed by atoms with Crippen LogP contribution in [0.15, 0.2) is 12.1 Å². The fourth-order valence-electron chi connectivity index (χ4n) is 1.18. The van der Waals surface area contributed by atoms with E-state index in [1.807, 2.05) is 6.92 Å². The van der Waals surface area contributed by atoms with Gasteiger partial charge in [0.1, 0.15) is 6.29 Å². The summed E-state index contributed by atoms with van der Waals surface area (Å²) < 4.78 is 17.9. The molecule has 0 bridgehead atoms. The number of benzene rings is 1. The molecule has 0 heterocycles. The number of aryl methyl sites for hydroxylation is 1. The van der Waals surface area contributed by atoms with Crippen LogP contribution in [0.5, 0.6) is 5.75 Å². The summed E-state index contributed by atoms with van der Waals surface area (Å²) in [5.74, 6) is -0.316. The first-order chi connectivity index (χ1) is 6.22. The quantitative estimate of drug-likeness (QED) is 0.670. The number of methoxy groups -OCH3 is 1. The van der Waals surface area contributed by atoms with Crippen molar-refractivity contribution in [3.63, 3.8) is 0 Å². The summed E-state index contributed by atoms with van der Waals surface area (Å²) in [5, 5.41) is 0. The molecule has 0 atom stereocenters. The van der Waals surface area contributed by atoms with Crippen LogP contribution in [0.1, 0.15) is 22.8 Å². The maximum Gasteiger partial charge on any atom is 0.165 e. The van der Waals surface area contributed by atoms with E-state index >= 15 is 0 Å². The Morgan fingerprint density at radius 1 is 1.54 bits per heavy atom. The van der Waals surface area contributed by atoms with Crippen molar-refractivity contribution in [3.8, 4) is 5.75 Å². The van der Waals surface area contributed by atoms with Crippen molar-refractivity contribution >= 4 is 6.29 Å². The van der Waals surface area contributed by atoms with Gasteiger partial charge in [0.25, 0.3) is 0 Å². The highest BCUT2D eigenvalue weighted by Crippen LogP contribution is 2.21. The van der Waals surface area contributed by atoms with Crippen molar-refractivity contribution in [2.75, 3.05) is 7.11 Å². The summed E-state index contributed by atoms with van der Waals surface area (Å²) in [4.78, 5) is 10.5. The van der Waals surface area contributed by atoms with Crippen molar-refractivity contribution in [2.24, 2.45) is 0 Å². The van der Waals surface area contributed by atoms with E-state index in [0.717, 1.165) is 5.56 Å².